The standard InChI is InChI=1S/C43H47N3O7/c1-6-8-19-35(47)44(4)29(3)38(32-17-13-10-14-18-32)52-42(50)36-34-24-25-43(53-34)37(36)40(48)46(28-31-20-22-33(51-5)23-21-31)39(43)41(49)45(26-7-2)27-30-15-11-9-12-16-30/h6-7,9-18,20-25,29,34,36-39H,1-2,8,19,26-28H2,3-5H3/t29-,34+,36-,37-,38+,39+,43-/m1/s1. The summed E-state index contributed by atoms with van der Waals surface area (Å²) in [4.78, 5) is 62.0. The summed E-state index contributed by atoms with van der Waals surface area (Å²) in [7, 11) is 3.27. The van der Waals surface area contributed by atoms with Crippen LogP contribution in [-0.2, 0) is 41.7 Å². The molecular weight excluding hydrogens is 670 g/mol. The van der Waals surface area contributed by atoms with Crippen LogP contribution in [0.1, 0.15) is 42.6 Å². The second kappa shape index (κ2) is 16.0. The number of nitrogens with zero attached hydrogens (tertiary/aromatic N) is 3. The molecule has 2 saturated heterocycles. The van der Waals surface area contributed by atoms with Crippen molar-refractivity contribution >= 4 is 23.7 Å². The van der Waals surface area contributed by atoms with Crippen molar-refractivity contribution in [2.24, 2.45) is 11.8 Å². The molecule has 3 aromatic carbocycles. The summed E-state index contributed by atoms with van der Waals surface area (Å²) >= 11 is 0. The van der Waals surface area contributed by atoms with Crippen LogP contribution in [-0.4, -0.2) is 82.9 Å². The van der Waals surface area contributed by atoms with Crippen molar-refractivity contribution in [2.75, 3.05) is 20.7 Å². The zero-order valence-corrected chi connectivity index (χ0v) is 30.5. The molecule has 10 heteroatoms. The first-order valence-corrected chi connectivity index (χ1v) is 18.0. The SMILES string of the molecule is C=CCCC(=O)N(C)[C@H](C)[C@H](OC(=O)[C@@H]1[C@@H]2C=C[C@]3(O2)[C@H](C(=O)N(CC=C)Cc2ccccc2)N(Cc2ccc(OC)cc2)C(=O)[C@@H]13)c1ccccc1. The van der Waals surface area contributed by atoms with Gasteiger partial charge in [-0.15, -0.1) is 13.2 Å². The fraction of sp³-hybridized carbons (Fsp3) is 0.349. The fourth-order valence-electron chi connectivity index (χ4n) is 7.80. The number of methoxy groups -OCH3 is 1. The van der Waals surface area contributed by atoms with Crippen LogP contribution >= 0.6 is 0 Å². The molecule has 0 radical (unpaired) electrons. The summed E-state index contributed by atoms with van der Waals surface area (Å²) in [5, 5.41) is 0. The number of rotatable bonds is 16. The molecule has 1 spiro atoms. The van der Waals surface area contributed by atoms with Crippen LogP contribution in [0.25, 0.3) is 0 Å². The van der Waals surface area contributed by atoms with E-state index in [0.717, 1.165) is 11.1 Å². The van der Waals surface area contributed by atoms with Gasteiger partial charge in [0.05, 0.1) is 25.2 Å². The number of ether oxygens (including phenoxy) is 3. The number of carbonyl (C=O) groups excluding carboxylic acids is 4. The highest BCUT2D eigenvalue weighted by Crippen LogP contribution is 2.56. The molecule has 2 fully saturated rings. The first kappa shape index (κ1) is 37.3. The molecule has 6 rings (SSSR count). The van der Waals surface area contributed by atoms with Gasteiger partial charge in [-0.3, -0.25) is 19.2 Å². The molecule has 2 bridgehead atoms. The summed E-state index contributed by atoms with van der Waals surface area (Å²) < 4.78 is 18.3. The summed E-state index contributed by atoms with van der Waals surface area (Å²) in [6.45, 7) is 10.1. The Morgan fingerprint density at radius 2 is 1.64 bits per heavy atom. The van der Waals surface area contributed by atoms with E-state index in [1.165, 1.54) is 0 Å². The number of carbonyl (C=O) groups is 4. The lowest BCUT2D eigenvalue weighted by Gasteiger charge is -2.36. The Bertz CT molecular complexity index is 1850. The molecule has 7 atom stereocenters. The highest BCUT2D eigenvalue weighted by atomic mass is 16.6. The normalized spacial score (nSPS) is 23.5. The average Bonchev–Trinajstić information content (AvgIpc) is 3.83. The van der Waals surface area contributed by atoms with Gasteiger partial charge in [-0.2, -0.15) is 0 Å². The average molecular weight is 718 g/mol. The maximum Gasteiger partial charge on any atom is 0.313 e. The third-order valence-corrected chi connectivity index (χ3v) is 10.6. The number of amides is 3. The number of hydrogen-bond donors (Lipinski definition) is 0. The van der Waals surface area contributed by atoms with Gasteiger partial charge in [-0.25, -0.2) is 0 Å². The molecule has 3 aliphatic rings. The molecular formula is C43H47N3O7. The molecule has 0 N–H and O–H groups in total. The zero-order chi connectivity index (χ0) is 37.7. The molecule has 3 amide bonds. The number of likely N-dealkylation sites (N-methyl/N-ethyl adjacent to an activating group) is 1. The second-order valence-corrected chi connectivity index (χ2v) is 13.8. The van der Waals surface area contributed by atoms with E-state index in [1.54, 1.807) is 65.3 Å². The summed E-state index contributed by atoms with van der Waals surface area (Å²) in [5.41, 5.74) is 1.01. The predicted octanol–water partition coefficient (Wildman–Crippen LogP) is 5.66. The van der Waals surface area contributed by atoms with Gasteiger partial charge in [-0.05, 0) is 42.2 Å². The Morgan fingerprint density at radius 3 is 2.28 bits per heavy atom. The Kier molecular flexibility index (Phi) is 11.3. The van der Waals surface area contributed by atoms with Gasteiger partial charge < -0.3 is 28.9 Å². The van der Waals surface area contributed by atoms with Gasteiger partial charge in [0, 0.05) is 33.1 Å². The van der Waals surface area contributed by atoms with Crippen molar-refractivity contribution < 1.29 is 33.4 Å². The van der Waals surface area contributed by atoms with Crippen LogP contribution in [0.2, 0.25) is 0 Å². The van der Waals surface area contributed by atoms with Gasteiger partial charge >= 0.3 is 5.97 Å². The maximum atomic E-state index is 14.8. The monoisotopic (exact) mass is 717 g/mol. The first-order chi connectivity index (χ1) is 25.6. The minimum absolute atomic E-state index is 0.107. The quantitative estimate of drug-likeness (QED) is 0.139. The van der Waals surface area contributed by atoms with Gasteiger partial charge in [0.1, 0.15) is 29.4 Å². The first-order valence-electron chi connectivity index (χ1n) is 18.0. The molecule has 10 nitrogen and oxygen atoms in total. The second-order valence-electron chi connectivity index (χ2n) is 13.8. The molecule has 3 aromatic rings. The van der Waals surface area contributed by atoms with E-state index in [2.05, 4.69) is 13.2 Å². The minimum Gasteiger partial charge on any atom is -0.497 e. The fourth-order valence-corrected chi connectivity index (χ4v) is 7.80. The van der Waals surface area contributed by atoms with E-state index in [1.807, 2.05) is 79.7 Å². The van der Waals surface area contributed by atoms with Crippen LogP contribution in [0, 0.1) is 11.8 Å². The van der Waals surface area contributed by atoms with Crippen molar-refractivity contribution in [1.29, 1.82) is 0 Å². The molecule has 3 heterocycles. The summed E-state index contributed by atoms with van der Waals surface area (Å²) in [5.74, 6) is -2.80. The van der Waals surface area contributed by atoms with Gasteiger partial charge in [0.25, 0.3) is 0 Å². The van der Waals surface area contributed by atoms with Crippen LogP contribution in [0.4, 0.5) is 0 Å². The Morgan fingerprint density at radius 1 is 0.962 bits per heavy atom. The minimum atomic E-state index is -1.41. The molecule has 0 saturated carbocycles. The molecule has 0 aromatic heterocycles. The van der Waals surface area contributed by atoms with Gasteiger partial charge in [-0.1, -0.05) is 97.1 Å². The largest absolute Gasteiger partial charge is 0.497 e. The summed E-state index contributed by atoms with van der Waals surface area (Å²) in [6, 6.07) is 24.6. The number of fused-ring (bicyclic) bond motifs is 1. The van der Waals surface area contributed by atoms with Crippen LogP contribution < -0.4 is 4.74 Å². The lowest BCUT2D eigenvalue weighted by atomic mass is 9.74. The third kappa shape index (κ3) is 7.28. The van der Waals surface area contributed by atoms with Crippen molar-refractivity contribution in [1.82, 2.24) is 14.7 Å². The van der Waals surface area contributed by atoms with E-state index in [0.29, 0.717) is 24.3 Å². The van der Waals surface area contributed by atoms with Crippen molar-refractivity contribution in [2.45, 2.75) is 62.7 Å². The number of benzene rings is 3. The number of allylic oxidation sites excluding steroid dienone is 1. The third-order valence-electron chi connectivity index (χ3n) is 10.6. The maximum absolute atomic E-state index is 14.8. The lowest BCUT2D eigenvalue weighted by molar-refractivity contribution is -0.164. The van der Waals surface area contributed by atoms with Crippen LogP contribution in [0.3, 0.4) is 0 Å². The molecule has 53 heavy (non-hydrogen) atoms. The van der Waals surface area contributed by atoms with Crippen LogP contribution in [0.15, 0.2) is 122 Å². The highest BCUT2D eigenvalue weighted by Gasteiger charge is 2.73. The van der Waals surface area contributed by atoms with Gasteiger partial charge in [0.2, 0.25) is 17.7 Å². The predicted molar refractivity (Wildman–Crippen MR) is 200 cm³/mol. The Balaban J connectivity index is 1.35. The molecule has 0 aliphatic carbocycles. The lowest BCUT2D eigenvalue weighted by Crippen LogP contribution is -2.55. The Hall–Kier alpha value is -5.48. The zero-order valence-electron chi connectivity index (χ0n) is 30.5. The van der Waals surface area contributed by atoms with E-state index in [4.69, 9.17) is 14.2 Å². The number of esters is 1. The Labute approximate surface area is 311 Å². The van der Waals surface area contributed by atoms with Gasteiger partial charge in [0.15, 0.2) is 0 Å². The van der Waals surface area contributed by atoms with E-state index in [-0.39, 0.29) is 37.2 Å². The van der Waals surface area contributed by atoms with E-state index < -0.39 is 47.7 Å². The molecule has 3 aliphatic heterocycles. The number of likely N-dealkylation sites (tertiary alicyclic amines) is 1. The highest BCUT2D eigenvalue weighted by molar-refractivity contribution is 5.99. The van der Waals surface area contributed by atoms with Crippen molar-refractivity contribution in [3.05, 3.63) is 139 Å². The van der Waals surface area contributed by atoms with E-state index >= 15 is 0 Å². The van der Waals surface area contributed by atoms with Crippen molar-refractivity contribution in [3.8, 4) is 5.75 Å². The van der Waals surface area contributed by atoms with Crippen molar-refractivity contribution in [3.63, 3.8) is 0 Å². The molecule has 276 valence electrons. The molecule has 0 unspecified atom stereocenters. The topological polar surface area (TPSA) is 106 Å². The van der Waals surface area contributed by atoms with E-state index in [9.17, 15) is 19.2 Å². The number of hydrogen-bond acceptors (Lipinski definition) is 7. The smallest absolute Gasteiger partial charge is 0.313 e. The summed E-state index contributed by atoms with van der Waals surface area (Å²) in [6.07, 6.45) is 6.09. The van der Waals surface area contributed by atoms with Crippen LogP contribution in [0.5, 0.6) is 5.75 Å².